The highest BCUT2D eigenvalue weighted by molar-refractivity contribution is 5.82. The molecule has 1 amide bonds. The summed E-state index contributed by atoms with van der Waals surface area (Å²) in [6, 6.07) is 15.6. The summed E-state index contributed by atoms with van der Waals surface area (Å²) in [6.45, 7) is 9.30. The zero-order chi connectivity index (χ0) is 21.2. The first-order valence-electron chi connectivity index (χ1n) is 10.0. The van der Waals surface area contributed by atoms with Gasteiger partial charge in [0.2, 0.25) is 0 Å². The maximum Gasteiger partial charge on any atom is 0.408 e. The average Bonchev–Trinajstić information content (AvgIpc) is 2.96. The average molecular weight is 395 g/mol. The number of fused-ring (bicyclic) bond motifs is 3. The van der Waals surface area contributed by atoms with Crippen molar-refractivity contribution in [3.8, 4) is 11.1 Å². The van der Waals surface area contributed by atoms with Crippen molar-refractivity contribution in [1.82, 2.24) is 5.32 Å². The zero-order valence-corrected chi connectivity index (χ0v) is 17.7. The predicted octanol–water partition coefficient (Wildman–Crippen LogP) is 4.89. The van der Waals surface area contributed by atoms with Gasteiger partial charge in [-0.05, 0) is 48.9 Å². The quantitative estimate of drug-likeness (QED) is 0.732. The fourth-order valence-electron chi connectivity index (χ4n) is 3.63. The summed E-state index contributed by atoms with van der Waals surface area (Å²) in [5.41, 5.74) is 4.03. The lowest BCUT2D eigenvalue weighted by atomic mass is 9.98. The van der Waals surface area contributed by atoms with Gasteiger partial charge in [0.05, 0.1) is 0 Å². The van der Waals surface area contributed by atoms with Crippen LogP contribution in [0.3, 0.4) is 0 Å². The molecule has 0 aromatic heterocycles. The van der Waals surface area contributed by atoms with Crippen LogP contribution in [0.25, 0.3) is 11.1 Å². The molecule has 3 rings (SSSR count). The Morgan fingerprint density at radius 3 is 1.97 bits per heavy atom. The van der Waals surface area contributed by atoms with Crippen LogP contribution in [0, 0.1) is 5.92 Å². The Hall–Kier alpha value is -2.82. The third kappa shape index (κ3) is 4.78. The summed E-state index contributed by atoms with van der Waals surface area (Å²) in [5.74, 6) is -0.591. The summed E-state index contributed by atoms with van der Waals surface area (Å²) in [4.78, 5) is 24.9. The third-order valence-electron chi connectivity index (χ3n) is 4.95. The number of nitrogens with one attached hydrogen (secondary N) is 1. The molecular weight excluding hydrogens is 366 g/mol. The topological polar surface area (TPSA) is 64.6 Å². The van der Waals surface area contributed by atoms with Gasteiger partial charge in [-0.2, -0.15) is 0 Å². The summed E-state index contributed by atoms with van der Waals surface area (Å²) in [5, 5.41) is 2.65. The molecule has 2 aromatic carbocycles. The lowest BCUT2D eigenvalue weighted by molar-refractivity contribution is -0.147. The number of hydrogen-bond donors (Lipinski definition) is 1. The SMILES string of the molecule is CC(C)[C@H](NC(=O)OC(C)(C)C)C(=O)OCC1c2ccccc2-c2ccccc21. The minimum Gasteiger partial charge on any atom is -0.463 e. The van der Waals surface area contributed by atoms with E-state index in [0.717, 1.165) is 11.1 Å². The van der Waals surface area contributed by atoms with E-state index < -0.39 is 23.7 Å². The zero-order valence-electron chi connectivity index (χ0n) is 17.7. The van der Waals surface area contributed by atoms with Gasteiger partial charge in [0, 0.05) is 5.92 Å². The predicted molar refractivity (Wildman–Crippen MR) is 113 cm³/mol. The van der Waals surface area contributed by atoms with Gasteiger partial charge in [0.25, 0.3) is 0 Å². The van der Waals surface area contributed by atoms with Crippen LogP contribution in [-0.2, 0) is 14.3 Å². The maximum absolute atomic E-state index is 12.8. The van der Waals surface area contributed by atoms with Gasteiger partial charge < -0.3 is 14.8 Å². The normalized spacial score (nSPS) is 14.1. The van der Waals surface area contributed by atoms with E-state index in [9.17, 15) is 9.59 Å². The molecule has 1 aliphatic carbocycles. The highest BCUT2D eigenvalue weighted by Crippen LogP contribution is 2.44. The van der Waals surface area contributed by atoms with E-state index in [1.165, 1.54) is 11.1 Å². The standard InChI is InChI=1S/C24H29NO4/c1-15(2)21(25-23(27)29-24(3,4)5)22(26)28-14-20-18-12-8-6-10-16(18)17-11-7-9-13-19(17)20/h6-13,15,20-21H,14H2,1-5H3,(H,25,27)/t21-/m0/s1. The number of esters is 1. The molecule has 0 heterocycles. The molecule has 0 fully saturated rings. The molecule has 2 aromatic rings. The lowest BCUT2D eigenvalue weighted by Gasteiger charge is -2.25. The highest BCUT2D eigenvalue weighted by Gasteiger charge is 2.32. The fourth-order valence-corrected chi connectivity index (χ4v) is 3.63. The molecule has 1 N–H and O–H groups in total. The first-order chi connectivity index (χ1) is 13.7. The second kappa shape index (κ2) is 8.27. The van der Waals surface area contributed by atoms with Crippen LogP contribution in [0.1, 0.15) is 51.7 Å². The molecule has 0 saturated heterocycles. The largest absolute Gasteiger partial charge is 0.463 e. The van der Waals surface area contributed by atoms with Gasteiger partial charge in [-0.3, -0.25) is 0 Å². The highest BCUT2D eigenvalue weighted by atomic mass is 16.6. The molecule has 0 bridgehead atoms. The van der Waals surface area contributed by atoms with E-state index >= 15 is 0 Å². The molecule has 5 nitrogen and oxygen atoms in total. The first kappa shape index (κ1) is 20.9. The van der Waals surface area contributed by atoms with Gasteiger partial charge in [0.1, 0.15) is 18.2 Å². The first-order valence-corrected chi connectivity index (χ1v) is 10.0. The van der Waals surface area contributed by atoms with Gasteiger partial charge in [-0.15, -0.1) is 0 Å². The van der Waals surface area contributed by atoms with E-state index in [-0.39, 0.29) is 18.4 Å². The Bertz CT molecular complexity index is 852. The summed E-state index contributed by atoms with van der Waals surface area (Å²) < 4.78 is 11.0. The van der Waals surface area contributed by atoms with Crippen LogP contribution in [0.2, 0.25) is 0 Å². The van der Waals surface area contributed by atoms with Crippen LogP contribution < -0.4 is 5.32 Å². The molecule has 1 atom stereocenters. The maximum atomic E-state index is 12.8. The van der Waals surface area contributed by atoms with Crippen LogP contribution >= 0.6 is 0 Å². The minimum absolute atomic E-state index is 0.0133. The third-order valence-corrected chi connectivity index (χ3v) is 4.95. The Morgan fingerprint density at radius 1 is 0.966 bits per heavy atom. The summed E-state index contributed by atoms with van der Waals surface area (Å²) in [6.07, 6.45) is -0.621. The smallest absolute Gasteiger partial charge is 0.408 e. The molecule has 29 heavy (non-hydrogen) atoms. The number of rotatable bonds is 5. The lowest BCUT2D eigenvalue weighted by Crippen LogP contribution is -2.47. The molecular formula is C24H29NO4. The molecule has 0 spiro atoms. The van der Waals surface area contributed by atoms with Crippen molar-refractivity contribution >= 4 is 12.1 Å². The van der Waals surface area contributed by atoms with Crippen molar-refractivity contribution in [2.24, 2.45) is 5.92 Å². The molecule has 0 saturated carbocycles. The number of carbonyl (C=O) groups is 2. The minimum atomic E-state index is -0.767. The number of alkyl carbamates (subject to hydrolysis) is 1. The Balaban J connectivity index is 1.71. The number of ether oxygens (including phenoxy) is 2. The van der Waals surface area contributed by atoms with Gasteiger partial charge in [-0.25, -0.2) is 9.59 Å². The Morgan fingerprint density at radius 2 is 1.48 bits per heavy atom. The van der Waals surface area contributed by atoms with Gasteiger partial charge in [0.15, 0.2) is 0 Å². The van der Waals surface area contributed by atoms with Crippen molar-refractivity contribution in [1.29, 1.82) is 0 Å². The van der Waals surface area contributed by atoms with E-state index in [2.05, 4.69) is 29.6 Å². The summed E-state index contributed by atoms with van der Waals surface area (Å²) in [7, 11) is 0. The van der Waals surface area contributed by atoms with E-state index in [1.807, 2.05) is 38.1 Å². The van der Waals surface area contributed by atoms with E-state index in [1.54, 1.807) is 20.8 Å². The monoisotopic (exact) mass is 395 g/mol. The van der Waals surface area contributed by atoms with Crippen LogP contribution in [0.5, 0.6) is 0 Å². The molecule has 1 aliphatic rings. The number of amides is 1. The summed E-state index contributed by atoms with van der Waals surface area (Å²) >= 11 is 0. The second-order valence-electron chi connectivity index (χ2n) is 8.73. The molecule has 0 aliphatic heterocycles. The molecule has 154 valence electrons. The van der Waals surface area contributed by atoms with Crippen LogP contribution in [-0.4, -0.2) is 30.3 Å². The van der Waals surface area contributed by atoms with Crippen molar-refractivity contribution < 1.29 is 19.1 Å². The Kier molecular flexibility index (Phi) is 5.96. The Labute approximate surface area is 172 Å². The number of benzene rings is 2. The van der Waals surface area contributed by atoms with Crippen molar-refractivity contribution in [2.75, 3.05) is 6.61 Å². The second-order valence-corrected chi connectivity index (χ2v) is 8.73. The fraction of sp³-hybridized carbons (Fsp3) is 0.417. The number of hydrogen-bond acceptors (Lipinski definition) is 4. The molecule has 0 unspecified atom stereocenters. The van der Waals surface area contributed by atoms with Crippen molar-refractivity contribution in [3.63, 3.8) is 0 Å². The molecule has 5 heteroatoms. The van der Waals surface area contributed by atoms with Crippen molar-refractivity contribution in [2.45, 2.75) is 52.2 Å². The van der Waals surface area contributed by atoms with E-state index in [4.69, 9.17) is 9.47 Å². The van der Waals surface area contributed by atoms with Crippen LogP contribution in [0.4, 0.5) is 4.79 Å². The van der Waals surface area contributed by atoms with Gasteiger partial charge >= 0.3 is 12.1 Å². The van der Waals surface area contributed by atoms with E-state index in [0.29, 0.717) is 0 Å². The molecule has 0 radical (unpaired) electrons. The van der Waals surface area contributed by atoms with Crippen LogP contribution in [0.15, 0.2) is 48.5 Å². The van der Waals surface area contributed by atoms with Crippen molar-refractivity contribution in [3.05, 3.63) is 59.7 Å². The van der Waals surface area contributed by atoms with Gasteiger partial charge in [-0.1, -0.05) is 62.4 Å². The number of carbonyl (C=O) groups excluding carboxylic acids is 2.